The van der Waals surface area contributed by atoms with E-state index < -0.39 is 5.97 Å². The van der Waals surface area contributed by atoms with Crippen molar-refractivity contribution >= 4 is 17.7 Å². The van der Waals surface area contributed by atoms with Crippen LogP contribution in [0.25, 0.3) is 11.1 Å². The first kappa shape index (κ1) is 26.6. The molecule has 2 aromatic rings. The molecular weight excluding hydrogens is 440 g/mol. The van der Waals surface area contributed by atoms with Gasteiger partial charge in [0, 0.05) is 31.3 Å². The van der Waals surface area contributed by atoms with Crippen molar-refractivity contribution in [3.05, 3.63) is 48.0 Å². The van der Waals surface area contributed by atoms with Gasteiger partial charge in [-0.3, -0.25) is 9.69 Å². The van der Waals surface area contributed by atoms with Crippen molar-refractivity contribution in [3.63, 3.8) is 0 Å². The van der Waals surface area contributed by atoms with Gasteiger partial charge in [-0.15, -0.1) is 0 Å². The molecule has 3 rings (SSSR count). The van der Waals surface area contributed by atoms with E-state index in [4.69, 9.17) is 9.84 Å². The molecule has 0 saturated heterocycles. The van der Waals surface area contributed by atoms with Gasteiger partial charge in [-0.05, 0) is 60.9 Å². The number of aliphatic carboxylic acids is 1. The van der Waals surface area contributed by atoms with Crippen LogP contribution in [0.1, 0.15) is 70.3 Å². The predicted molar refractivity (Wildman–Crippen MR) is 141 cm³/mol. The molecule has 0 aliphatic heterocycles. The Morgan fingerprint density at radius 3 is 2.63 bits per heavy atom. The van der Waals surface area contributed by atoms with Gasteiger partial charge in [0.2, 0.25) is 0 Å². The number of hydrogen-bond acceptors (Lipinski definition) is 3. The number of hydrogen-bond donors (Lipinski definition) is 2. The number of benzene rings is 2. The maximum Gasteiger partial charge on any atom is 0.321 e. The molecule has 1 fully saturated rings. The SMILES string of the molecule is CCCCCNC(=O)N(C)c1cccc(-c2ccc(CCC(=O)O)cc2OCC2CCCCC2)c1. The number of carboxylic acids is 1. The largest absolute Gasteiger partial charge is 0.493 e. The first-order valence-corrected chi connectivity index (χ1v) is 13.1. The Bertz CT molecular complexity index is 969. The first-order valence-electron chi connectivity index (χ1n) is 13.1. The lowest BCUT2D eigenvalue weighted by Gasteiger charge is -2.23. The van der Waals surface area contributed by atoms with E-state index in [-0.39, 0.29) is 12.5 Å². The van der Waals surface area contributed by atoms with Crippen molar-refractivity contribution in [3.8, 4) is 16.9 Å². The number of unbranched alkanes of at least 4 members (excludes halogenated alkanes) is 2. The predicted octanol–water partition coefficient (Wildman–Crippen LogP) is 6.67. The summed E-state index contributed by atoms with van der Waals surface area (Å²) < 4.78 is 6.36. The number of ether oxygens (including phenoxy) is 1. The lowest BCUT2D eigenvalue weighted by atomic mass is 9.90. The quantitative estimate of drug-likeness (QED) is 0.333. The number of rotatable bonds is 12. The average molecular weight is 481 g/mol. The second-order valence-electron chi connectivity index (χ2n) is 9.59. The number of aryl methyl sites for hydroxylation is 1. The third-order valence-corrected chi connectivity index (χ3v) is 6.78. The Morgan fingerprint density at radius 2 is 1.89 bits per heavy atom. The lowest BCUT2D eigenvalue weighted by molar-refractivity contribution is -0.136. The molecule has 6 heteroatoms. The van der Waals surface area contributed by atoms with Crippen LogP contribution >= 0.6 is 0 Å². The van der Waals surface area contributed by atoms with Crippen molar-refractivity contribution < 1.29 is 19.4 Å². The molecule has 0 radical (unpaired) electrons. The summed E-state index contributed by atoms with van der Waals surface area (Å²) in [6.45, 7) is 3.49. The second kappa shape index (κ2) is 13.8. The van der Waals surface area contributed by atoms with Crippen molar-refractivity contribution in [2.45, 2.75) is 71.1 Å². The third-order valence-electron chi connectivity index (χ3n) is 6.78. The fraction of sp³-hybridized carbons (Fsp3) is 0.517. The summed E-state index contributed by atoms with van der Waals surface area (Å²) >= 11 is 0. The van der Waals surface area contributed by atoms with Gasteiger partial charge < -0.3 is 15.2 Å². The molecule has 0 unspecified atom stereocenters. The molecule has 0 heterocycles. The molecule has 0 spiro atoms. The van der Waals surface area contributed by atoms with Crippen LogP contribution in [-0.4, -0.2) is 37.3 Å². The van der Waals surface area contributed by atoms with Crippen LogP contribution in [0.2, 0.25) is 0 Å². The highest BCUT2D eigenvalue weighted by Crippen LogP contribution is 2.35. The zero-order valence-corrected chi connectivity index (χ0v) is 21.2. The summed E-state index contributed by atoms with van der Waals surface area (Å²) in [6, 6.07) is 13.8. The normalized spacial score (nSPS) is 13.9. The Hall–Kier alpha value is -3.02. The third kappa shape index (κ3) is 8.30. The van der Waals surface area contributed by atoms with Crippen LogP contribution in [0.15, 0.2) is 42.5 Å². The molecule has 35 heavy (non-hydrogen) atoms. The Morgan fingerprint density at radius 1 is 1.09 bits per heavy atom. The van der Waals surface area contributed by atoms with Crippen molar-refractivity contribution in [1.82, 2.24) is 5.32 Å². The van der Waals surface area contributed by atoms with Gasteiger partial charge in [0.15, 0.2) is 0 Å². The number of nitrogens with zero attached hydrogens (tertiary/aromatic N) is 1. The highest BCUT2D eigenvalue weighted by molar-refractivity contribution is 5.92. The summed E-state index contributed by atoms with van der Waals surface area (Å²) in [5, 5.41) is 12.1. The van der Waals surface area contributed by atoms with Crippen LogP contribution in [0.3, 0.4) is 0 Å². The van der Waals surface area contributed by atoms with Crippen LogP contribution in [0.4, 0.5) is 10.5 Å². The second-order valence-corrected chi connectivity index (χ2v) is 9.59. The van der Waals surface area contributed by atoms with Crippen molar-refractivity contribution in [1.29, 1.82) is 0 Å². The summed E-state index contributed by atoms with van der Waals surface area (Å²) in [5.41, 5.74) is 3.69. The van der Waals surface area contributed by atoms with E-state index in [1.54, 1.807) is 11.9 Å². The molecule has 1 aliphatic carbocycles. The minimum atomic E-state index is -0.803. The minimum absolute atomic E-state index is 0.0923. The number of carbonyl (C=O) groups is 2. The van der Waals surface area contributed by atoms with Gasteiger partial charge in [-0.1, -0.05) is 63.3 Å². The highest BCUT2D eigenvalue weighted by atomic mass is 16.5. The van der Waals surface area contributed by atoms with E-state index in [9.17, 15) is 9.59 Å². The maximum absolute atomic E-state index is 12.6. The summed E-state index contributed by atoms with van der Waals surface area (Å²) in [7, 11) is 1.78. The van der Waals surface area contributed by atoms with Gasteiger partial charge >= 0.3 is 12.0 Å². The smallest absolute Gasteiger partial charge is 0.321 e. The van der Waals surface area contributed by atoms with Gasteiger partial charge in [-0.25, -0.2) is 4.79 Å². The van der Waals surface area contributed by atoms with Crippen molar-refractivity contribution in [2.24, 2.45) is 5.92 Å². The van der Waals surface area contributed by atoms with Crippen molar-refractivity contribution in [2.75, 3.05) is 25.1 Å². The molecule has 0 bridgehead atoms. The average Bonchev–Trinajstić information content (AvgIpc) is 2.89. The van der Waals surface area contributed by atoms with Crippen LogP contribution in [0, 0.1) is 5.92 Å². The first-order chi connectivity index (χ1) is 17.0. The van der Waals surface area contributed by atoms with E-state index in [0.29, 0.717) is 25.5 Å². The van der Waals surface area contributed by atoms with Gasteiger partial charge in [0.05, 0.1) is 6.61 Å². The number of urea groups is 1. The molecule has 2 amide bonds. The topological polar surface area (TPSA) is 78.9 Å². The van der Waals surface area contributed by atoms with E-state index in [0.717, 1.165) is 47.4 Å². The van der Waals surface area contributed by atoms with Gasteiger partial charge in [-0.2, -0.15) is 0 Å². The number of carboxylic acid groups (broad SMARTS) is 1. The Balaban J connectivity index is 1.79. The number of carbonyl (C=O) groups excluding carboxylic acids is 1. The van der Waals surface area contributed by atoms with E-state index >= 15 is 0 Å². The molecule has 2 aromatic carbocycles. The van der Waals surface area contributed by atoms with Crippen LogP contribution < -0.4 is 15.0 Å². The van der Waals surface area contributed by atoms with Crippen LogP contribution in [0.5, 0.6) is 5.75 Å². The number of amides is 2. The molecule has 2 N–H and O–H groups in total. The fourth-order valence-corrected chi connectivity index (χ4v) is 4.58. The summed E-state index contributed by atoms with van der Waals surface area (Å²) in [6.07, 6.45) is 9.97. The van der Waals surface area contributed by atoms with E-state index in [2.05, 4.69) is 12.2 Å². The van der Waals surface area contributed by atoms with Gasteiger partial charge in [0.1, 0.15) is 5.75 Å². The van der Waals surface area contributed by atoms with E-state index in [1.807, 2.05) is 42.5 Å². The number of anilines is 1. The monoisotopic (exact) mass is 480 g/mol. The molecule has 1 saturated carbocycles. The summed E-state index contributed by atoms with van der Waals surface area (Å²) in [5.74, 6) is 0.540. The maximum atomic E-state index is 12.6. The fourth-order valence-electron chi connectivity index (χ4n) is 4.58. The Labute approximate surface area is 209 Å². The standard InChI is InChI=1S/C29H40N2O4/c1-3-4-8-18-30-29(34)31(2)25-13-9-12-24(20-25)26-16-14-22(15-17-28(32)33)19-27(26)35-21-23-10-6-5-7-11-23/h9,12-14,16,19-20,23H,3-8,10-11,15,17-18,21H2,1-2H3,(H,30,34)(H,32,33). The molecule has 0 aromatic heterocycles. The minimum Gasteiger partial charge on any atom is -0.493 e. The van der Waals surface area contributed by atoms with E-state index in [1.165, 1.54) is 32.1 Å². The highest BCUT2D eigenvalue weighted by Gasteiger charge is 2.17. The summed E-state index contributed by atoms with van der Waals surface area (Å²) in [4.78, 5) is 25.3. The zero-order chi connectivity index (χ0) is 25.0. The van der Waals surface area contributed by atoms with Gasteiger partial charge in [0.25, 0.3) is 0 Å². The number of nitrogens with one attached hydrogen (secondary N) is 1. The van der Waals surface area contributed by atoms with Crippen LogP contribution in [-0.2, 0) is 11.2 Å². The molecule has 190 valence electrons. The zero-order valence-electron chi connectivity index (χ0n) is 21.2. The molecule has 1 aliphatic rings. The lowest BCUT2D eigenvalue weighted by Crippen LogP contribution is -2.37. The Kier molecular flexibility index (Phi) is 10.5. The molecular formula is C29H40N2O4. The molecule has 0 atom stereocenters. The molecule has 6 nitrogen and oxygen atoms in total.